The Morgan fingerprint density at radius 2 is 1.48 bits per heavy atom. The molecule has 4 nitrogen and oxygen atoms in total. The summed E-state index contributed by atoms with van der Waals surface area (Å²) in [4.78, 5) is 8.30. The van der Waals surface area contributed by atoms with Crippen molar-refractivity contribution in [3.05, 3.63) is 0 Å². The van der Waals surface area contributed by atoms with Crippen LogP contribution in [-0.2, 0) is 21.9 Å². The van der Waals surface area contributed by atoms with Crippen LogP contribution in [0.1, 0.15) is 67.2 Å². The average Bonchev–Trinajstić information content (AvgIpc) is 2.34. The van der Waals surface area contributed by atoms with Crippen LogP contribution in [0.25, 0.3) is 0 Å². The molecule has 0 aromatic heterocycles. The molecule has 23 heavy (non-hydrogen) atoms. The largest absolute Gasteiger partial charge is 0.375 e. The van der Waals surface area contributed by atoms with Crippen molar-refractivity contribution >= 4 is 17.4 Å². The van der Waals surface area contributed by atoms with Gasteiger partial charge in [0.2, 0.25) is 0 Å². The molecule has 1 fully saturated rings. The molecule has 0 atom stereocenters. The first-order valence-corrected chi connectivity index (χ1v) is 9.11. The smallest absolute Gasteiger partial charge is 0.281 e. The third-order valence-corrected chi connectivity index (χ3v) is 4.18. The second-order valence-corrected chi connectivity index (χ2v) is 8.09. The third kappa shape index (κ3) is 8.69. The van der Waals surface area contributed by atoms with Crippen molar-refractivity contribution in [2.24, 2.45) is 0 Å². The molecule has 0 bridgehead atoms. The number of piperazine rings is 1. The van der Waals surface area contributed by atoms with Crippen LogP contribution in [0.4, 0.5) is 0 Å². The SMILES string of the molecule is CCCCN(CCCC)C(=S)ON1CC(C)(C)NC(C)(C)C1.[Cu]. The van der Waals surface area contributed by atoms with Gasteiger partial charge in [0.25, 0.3) is 5.17 Å². The summed E-state index contributed by atoms with van der Waals surface area (Å²) in [6.07, 6.45) is 4.68. The molecule has 1 saturated heterocycles. The third-order valence-electron chi connectivity index (χ3n) is 3.85. The fourth-order valence-corrected chi connectivity index (χ4v) is 3.45. The minimum atomic E-state index is 0. The van der Waals surface area contributed by atoms with E-state index in [1.54, 1.807) is 0 Å². The van der Waals surface area contributed by atoms with E-state index in [9.17, 15) is 0 Å². The number of nitrogens with one attached hydrogen (secondary N) is 1. The maximum atomic E-state index is 6.07. The fraction of sp³-hybridized carbons (Fsp3) is 0.941. The predicted molar refractivity (Wildman–Crippen MR) is 97.9 cm³/mol. The van der Waals surface area contributed by atoms with Crippen molar-refractivity contribution in [1.29, 1.82) is 0 Å². The summed E-state index contributed by atoms with van der Waals surface area (Å²) in [6.45, 7) is 16.9. The molecule has 0 aromatic carbocycles. The minimum absolute atomic E-state index is 0. The molecule has 1 radical (unpaired) electrons. The maximum absolute atomic E-state index is 6.07. The monoisotopic (exact) mass is 392 g/mol. The van der Waals surface area contributed by atoms with Gasteiger partial charge >= 0.3 is 0 Å². The molecular weight excluding hydrogens is 358 g/mol. The van der Waals surface area contributed by atoms with E-state index in [-0.39, 0.29) is 28.1 Å². The van der Waals surface area contributed by atoms with Crippen LogP contribution in [0.3, 0.4) is 0 Å². The minimum Gasteiger partial charge on any atom is -0.375 e. The zero-order chi connectivity index (χ0) is 16.8. The summed E-state index contributed by atoms with van der Waals surface area (Å²) < 4.78 is 0. The van der Waals surface area contributed by atoms with Crippen molar-refractivity contribution < 1.29 is 21.9 Å². The summed E-state index contributed by atoms with van der Waals surface area (Å²) in [5.41, 5.74) is 0.0457. The van der Waals surface area contributed by atoms with Gasteiger partial charge in [-0.3, -0.25) is 0 Å². The number of unbranched alkanes of at least 4 members (excludes halogenated alkanes) is 2. The zero-order valence-corrected chi connectivity index (χ0v) is 17.4. The summed E-state index contributed by atoms with van der Waals surface area (Å²) in [6, 6.07) is 0. The topological polar surface area (TPSA) is 27.7 Å². The van der Waals surface area contributed by atoms with E-state index in [2.05, 4.69) is 51.8 Å². The Morgan fingerprint density at radius 1 is 1.04 bits per heavy atom. The van der Waals surface area contributed by atoms with Gasteiger partial charge in [0.1, 0.15) is 0 Å². The Balaban J connectivity index is 0.00000484. The fourth-order valence-electron chi connectivity index (χ4n) is 3.16. The van der Waals surface area contributed by atoms with Gasteiger partial charge in [-0.05, 0) is 52.8 Å². The van der Waals surface area contributed by atoms with Gasteiger partial charge in [0.15, 0.2) is 0 Å². The molecule has 6 heteroatoms. The van der Waals surface area contributed by atoms with Gasteiger partial charge in [-0.15, -0.1) is 5.06 Å². The van der Waals surface area contributed by atoms with Gasteiger partial charge in [-0.2, -0.15) is 0 Å². The second kappa shape index (κ2) is 10.2. The Labute approximate surface area is 159 Å². The molecule has 0 spiro atoms. The van der Waals surface area contributed by atoms with Crippen molar-refractivity contribution in [3.63, 3.8) is 0 Å². The van der Waals surface area contributed by atoms with Crippen LogP contribution in [0.2, 0.25) is 0 Å². The van der Waals surface area contributed by atoms with E-state index in [0.717, 1.165) is 39.0 Å². The second-order valence-electron chi connectivity index (χ2n) is 7.74. The van der Waals surface area contributed by atoms with Crippen molar-refractivity contribution in [1.82, 2.24) is 15.3 Å². The van der Waals surface area contributed by atoms with Gasteiger partial charge in [0.05, 0.1) is 13.1 Å². The van der Waals surface area contributed by atoms with Crippen molar-refractivity contribution in [2.45, 2.75) is 78.3 Å². The van der Waals surface area contributed by atoms with E-state index in [1.807, 2.05) is 5.06 Å². The molecular formula is C17H35CuN3OS. The van der Waals surface area contributed by atoms with Crippen LogP contribution in [0.5, 0.6) is 0 Å². The predicted octanol–water partition coefficient (Wildman–Crippen LogP) is 3.57. The van der Waals surface area contributed by atoms with Crippen LogP contribution in [0, 0.1) is 0 Å². The first kappa shape index (κ1) is 23.1. The number of thiocarbonyl (C=S) groups is 1. The van der Waals surface area contributed by atoms with Crippen molar-refractivity contribution in [3.8, 4) is 0 Å². The molecule has 0 amide bonds. The summed E-state index contributed by atoms with van der Waals surface area (Å²) in [5.74, 6) is 0. The van der Waals surface area contributed by atoms with E-state index in [0.29, 0.717) is 5.17 Å². The summed E-state index contributed by atoms with van der Waals surface area (Å²) in [5, 5.41) is 6.32. The van der Waals surface area contributed by atoms with Gasteiger partial charge < -0.3 is 15.1 Å². The Bertz CT molecular complexity index is 340. The quantitative estimate of drug-likeness (QED) is 0.528. The molecule has 141 valence electrons. The molecule has 1 heterocycles. The number of nitrogens with zero attached hydrogens (tertiary/aromatic N) is 2. The van der Waals surface area contributed by atoms with Crippen LogP contribution >= 0.6 is 12.2 Å². The summed E-state index contributed by atoms with van der Waals surface area (Å²) >= 11 is 5.57. The first-order chi connectivity index (χ1) is 10.2. The normalized spacial score (nSPS) is 19.7. The molecule has 1 rings (SSSR count). The van der Waals surface area contributed by atoms with E-state index in [4.69, 9.17) is 17.1 Å². The maximum Gasteiger partial charge on any atom is 0.281 e. The zero-order valence-electron chi connectivity index (χ0n) is 15.7. The number of rotatable bonds is 7. The van der Waals surface area contributed by atoms with Crippen LogP contribution in [-0.4, -0.2) is 52.4 Å². The number of hydrogen-bond acceptors (Lipinski definition) is 4. The van der Waals surface area contributed by atoms with Gasteiger partial charge in [0, 0.05) is 41.2 Å². The van der Waals surface area contributed by atoms with Crippen LogP contribution < -0.4 is 5.32 Å². The molecule has 0 saturated carbocycles. The molecule has 0 aliphatic carbocycles. The molecule has 0 aromatic rings. The molecule has 0 unspecified atom stereocenters. The Kier molecular flexibility index (Phi) is 10.3. The molecule has 1 aliphatic rings. The Morgan fingerprint density at radius 3 is 1.87 bits per heavy atom. The van der Waals surface area contributed by atoms with E-state index >= 15 is 0 Å². The molecule has 1 N–H and O–H groups in total. The van der Waals surface area contributed by atoms with Crippen LogP contribution in [0.15, 0.2) is 0 Å². The van der Waals surface area contributed by atoms with E-state index < -0.39 is 0 Å². The number of hydrogen-bond donors (Lipinski definition) is 1. The standard InChI is InChI=1S/C17H35N3OS.Cu/c1-7-9-11-19(12-10-8-2)15(22)21-20-13-16(3,4)18-17(5,6)14-20;/h18H,7-14H2,1-6H3;. The number of hydroxylamine groups is 2. The summed E-state index contributed by atoms with van der Waals surface area (Å²) in [7, 11) is 0. The van der Waals surface area contributed by atoms with E-state index in [1.165, 1.54) is 12.8 Å². The van der Waals surface area contributed by atoms with Gasteiger partial charge in [-0.1, -0.05) is 26.7 Å². The Hall–Kier alpha value is 0.129. The first-order valence-electron chi connectivity index (χ1n) is 8.70. The van der Waals surface area contributed by atoms with Gasteiger partial charge in [-0.25, -0.2) is 0 Å². The average molecular weight is 393 g/mol. The van der Waals surface area contributed by atoms with Crippen molar-refractivity contribution in [2.75, 3.05) is 26.2 Å². The molecule has 1 aliphatic heterocycles.